The fourth-order valence-corrected chi connectivity index (χ4v) is 1.78. The van der Waals surface area contributed by atoms with Crippen molar-refractivity contribution in [3.63, 3.8) is 0 Å². The monoisotopic (exact) mass is 265 g/mol. The molecule has 2 N–H and O–H groups in total. The number of hydrogen-bond donors (Lipinski definition) is 1. The summed E-state index contributed by atoms with van der Waals surface area (Å²) in [4.78, 5) is 6.27. The lowest BCUT2D eigenvalue weighted by molar-refractivity contribution is 0.219. The molecule has 19 heavy (non-hydrogen) atoms. The molecular formula is C14H20FN3O. The maximum atomic E-state index is 13.4. The van der Waals surface area contributed by atoms with E-state index in [0.29, 0.717) is 18.5 Å². The Balaban J connectivity index is 1.85. The van der Waals surface area contributed by atoms with Gasteiger partial charge in [-0.25, -0.2) is 9.38 Å². The zero-order valence-electron chi connectivity index (χ0n) is 11.3. The van der Waals surface area contributed by atoms with Crippen LogP contribution in [-0.2, 0) is 0 Å². The molecule has 1 aliphatic rings. The first-order valence-corrected chi connectivity index (χ1v) is 6.52. The van der Waals surface area contributed by atoms with Crippen LogP contribution in [0.25, 0.3) is 0 Å². The van der Waals surface area contributed by atoms with E-state index in [4.69, 9.17) is 10.5 Å². The fraction of sp³-hybridized carbons (Fsp3) is 0.500. The van der Waals surface area contributed by atoms with Gasteiger partial charge in [-0.1, -0.05) is 12.1 Å². The molecule has 0 aliphatic heterocycles. The third kappa shape index (κ3) is 3.84. The van der Waals surface area contributed by atoms with Crippen LogP contribution in [0.4, 0.5) is 4.39 Å². The normalized spacial score (nSPS) is 17.1. The average molecular weight is 265 g/mol. The summed E-state index contributed by atoms with van der Waals surface area (Å²) in [7, 11) is 1.94. The molecule has 0 saturated heterocycles. The van der Waals surface area contributed by atoms with E-state index >= 15 is 0 Å². The second kappa shape index (κ2) is 5.91. The summed E-state index contributed by atoms with van der Waals surface area (Å²) >= 11 is 0. The highest BCUT2D eigenvalue weighted by atomic mass is 19.1. The first-order chi connectivity index (χ1) is 9.08. The van der Waals surface area contributed by atoms with Crippen LogP contribution in [0.15, 0.2) is 29.3 Å². The second-order valence-electron chi connectivity index (χ2n) is 4.90. The Bertz CT molecular complexity index is 460. The molecular weight excluding hydrogens is 245 g/mol. The molecule has 2 rings (SSSR count). The van der Waals surface area contributed by atoms with Crippen molar-refractivity contribution in [2.45, 2.75) is 31.9 Å². The number of guanidine groups is 1. The van der Waals surface area contributed by atoms with Gasteiger partial charge in [0.25, 0.3) is 0 Å². The van der Waals surface area contributed by atoms with Gasteiger partial charge in [-0.3, -0.25) is 0 Å². The van der Waals surface area contributed by atoms with Gasteiger partial charge < -0.3 is 15.4 Å². The highest BCUT2D eigenvalue weighted by Crippen LogP contribution is 2.24. The third-order valence-corrected chi connectivity index (χ3v) is 3.13. The summed E-state index contributed by atoms with van der Waals surface area (Å²) in [6, 6.07) is 6.89. The zero-order valence-corrected chi connectivity index (χ0v) is 11.3. The summed E-state index contributed by atoms with van der Waals surface area (Å²) < 4.78 is 18.9. The molecule has 5 heteroatoms. The van der Waals surface area contributed by atoms with Crippen LogP contribution in [-0.4, -0.2) is 36.6 Å². The van der Waals surface area contributed by atoms with Crippen molar-refractivity contribution in [3.8, 4) is 5.75 Å². The SMILES string of the molecule is CC(CN=C(N)N(C)C1CC1)Oc1ccccc1F. The molecule has 1 saturated carbocycles. The first-order valence-electron chi connectivity index (χ1n) is 6.52. The average Bonchev–Trinajstić information content (AvgIpc) is 3.22. The van der Waals surface area contributed by atoms with Gasteiger partial charge in [0, 0.05) is 13.1 Å². The molecule has 104 valence electrons. The van der Waals surface area contributed by atoms with Crippen molar-refractivity contribution in [2.75, 3.05) is 13.6 Å². The molecule has 1 atom stereocenters. The lowest BCUT2D eigenvalue weighted by Gasteiger charge is -2.18. The van der Waals surface area contributed by atoms with Crippen molar-refractivity contribution in [2.24, 2.45) is 10.7 Å². The molecule has 0 aromatic heterocycles. The van der Waals surface area contributed by atoms with Gasteiger partial charge in [0.1, 0.15) is 6.10 Å². The van der Waals surface area contributed by atoms with Crippen molar-refractivity contribution in [1.29, 1.82) is 0 Å². The van der Waals surface area contributed by atoms with Gasteiger partial charge in [0.2, 0.25) is 0 Å². The van der Waals surface area contributed by atoms with Gasteiger partial charge >= 0.3 is 0 Å². The van der Waals surface area contributed by atoms with E-state index in [1.54, 1.807) is 18.2 Å². The highest BCUT2D eigenvalue weighted by molar-refractivity contribution is 5.78. The molecule has 1 fully saturated rings. The molecule has 4 nitrogen and oxygen atoms in total. The van der Waals surface area contributed by atoms with Crippen molar-refractivity contribution in [1.82, 2.24) is 4.90 Å². The Labute approximate surface area is 113 Å². The van der Waals surface area contributed by atoms with E-state index in [-0.39, 0.29) is 17.7 Å². The van der Waals surface area contributed by atoms with E-state index < -0.39 is 0 Å². The lowest BCUT2D eigenvalue weighted by atomic mass is 10.3. The van der Waals surface area contributed by atoms with Crippen molar-refractivity contribution >= 4 is 5.96 Å². The molecule has 1 unspecified atom stereocenters. The lowest BCUT2D eigenvalue weighted by Crippen LogP contribution is -2.36. The van der Waals surface area contributed by atoms with E-state index in [9.17, 15) is 4.39 Å². The predicted octanol–water partition coefficient (Wildman–Crippen LogP) is 2.00. The first kappa shape index (κ1) is 13.6. The van der Waals surface area contributed by atoms with Gasteiger partial charge in [-0.15, -0.1) is 0 Å². The number of nitrogens with zero attached hydrogens (tertiary/aromatic N) is 2. The van der Waals surface area contributed by atoms with Crippen LogP contribution in [0.2, 0.25) is 0 Å². The minimum Gasteiger partial charge on any atom is -0.486 e. The summed E-state index contributed by atoms with van der Waals surface area (Å²) in [5, 5.41) is 0. The fourth-order valence-electron chi connectivity index (χ4n) is 1.78. The van der Waals surface area contributed by atoms with Crippen molar-refractivity contribution < 1.29 is 9.13 Å². The Morgan fingerprint density at radius 2 is 2.21 bits per heavy atom. The smallest absolute Gasteiger partial charge is 0.191 e. The van der Waals surface area contributed by atoms with E-state index in [1.807, 2.05) is 18.9 Å². The molecule has 0 radical (unpaired) electrons. The van der Waals surface area contributed by atoms with Gasteiger partial charge in [-0.2, -0.15) is 0 Å². The zero-order chi connectivity index (χ0) is 13.8. The maximum Gasteiger partial charge on any atom is 0.191 e. The molecule has 0 heterocycles. The van der Waals surface area contributed by atoms with Crippen LogP contribution in [0.5, 0.6) is 5.75 Å². The van der Waals surface area contributed by atoms with Gasteiger partial charge in [0.15, 0.2) is 17.5 Å². The van der Waals surface area contributed by atoms with E-state index in [2.05, 4.69) is 4.99 Å². The molecule has 1 aromatic carbocycles. The Kier molecular flexibility index (Phi) is 4.24. The van der Waals surface area contributed by atoms with Crippen molar-refractivity contribution in [3.05, 3.63) is 30.1 Å². The largest absolute Gasteiger partial charge is 0.486 e. The topological polar surface area (TPSA) is 50.8 Å². The number of halogens is 1. The van der Waals surface area contributed by atoms with Crippen LogP contribution >= 0.6 is 0 Å². The minimum absolute atomic E-state index is 0.219. The summed E-state index contributed by atoms with van der Waals surface area (Å²) in [6.07, 6.45) is 2.13. The molecule has 1 aromatic rings. The number of rotatable bonds is 5. The van der Waals surface area contributed by atoms with E-state index in [0.717, 1.165) is 0 Å². The number of aliphatic imine (C=N–C) groups is 1. The van der Waals surface area contributed by atoms with Crippen LogP contribution < -0.4 is 10.5 Å². The quantitative estimate of drug-likeness (QED) is 0.654. The number of benzene rings is 1. The summed E-state index contributed by atoms with van der Waals surface area (Å²) in [6.45, 7) is 2.26. The Morgan fingerprint density at radius 1 is 1.53 bits per heavy atom. The Hall–Kier alpha value is -1.78. The predicted molar refractivity (Wildman–Crippen MR) is 73.8 cm³/mol. The molecule has 0 bridgehead atoms. The van der Waals surface area contributed by atoms with Crippen LogP contribution in [0.3, 0.4) is 0 Å². The maximum absolute atomic E-state index is 13.4. The van der Waals surface area contributed by atoms with Gasteiger partial charge in [0.05, 0.1) is 6.54 Å². The second-order valence-corrected chi connectivity index (χ2v) is 4.90. The summed E-state index contributed by atoms with van der Waals surface area (Å²) in [5.74, 6) is 0.409. The standard InChI is InChI=1S/C14H20FN3O/c1-10(19-13-6-4-3-5-12(13)15)9-17-14(16)18(2)11-7-8-11/h3-6,10-11H,7-9H2,1-2H3,(H2,16,17). The highest BCUT2D eigenvalue weighted by Gasteiger charge is 2.27. The van der Waals surface area contributed by atoms with Crippen LogP contribution in [0, 0.1) is 5.82 Å². The molecule has 1 aliphatic carbocycles. The minimum atomic E-state index is -0.360. The number of hydrogen-bond acceptors (Lipinski definition) is 2. The number of ether oxygens (including phenoxy) is 1. The van der Waals surface area contributed by atoms with Gasteiger partial charge in [-0.05, 0) is 31.9 Å². The number of para-hydroxylation sites is 1. The van der Waals surface area contributed by atoms with E-state index in [1.165, 1.54) is 18.9 Å². The Morgan fingerprint density at radius 3 is 2.84 bits per heavy atom. The molecule has 0 spiro atoms. The third-order valence-electron chi connectivity index (χ3n) is 3.13. The number of nitrogens with two attached hydrogens (primary N) is 1. The molecule has 0 amide bonds. The van der Waals surface area contributed by atoms with Crippen LogP contribution in [0.1, 0.15) is 19.8 Å². The summed E-state index contributed by atoms with van der Waals surface area (Å²) in [5.41, 5.74) is 5.88.